The minimum atomic E-state index is -0.848. The van der Waals surface area contributed by atoms with E-state index in [9.17, 15) is 9.59 Å². The Morgan fingerprint density at radius 1 is 1.25 bits per heavy atom. The number of carboxylic acids is 1. The number of hydrogen-bond acceptors (Lipinski definition) is 2. The Kier molecular flexibility index (Phi) is 4.70. The lowest BCUT2D eigenvalue weighted by atomic mass is 9.92. The van der Waals surface area contributed by atoms with Crippen molar-refractivity contribution in [2.45, 2.75) is 26.2 Å². The van der Waals surface area contributed by atoms with Crippen LogP contribution in [0.1, 0.15) is 25.3 Å². The van der Waals surface area contributed by atoms with Crippen molar-refractivity contribution in [1.82, 2.24) is 0 Å². The molecule has 16 heavy (non-hydrogen) atoms. The van der Waals surface area contributed by atoms with E-state index in [0.717, 1.165) is 5.56 Å². The highest BCUT2D eigenvalue weighted by Crippen LogP contribution is 2.15. The quantitative estimate of drug-likeness (QED) is 0.800. The molecule has 1 rings (SSSR count). The molecule has 0 aromatic heterocycles. The van der Waals surface area contributed by atoms with Crippen molar-refractivity contribution in [3.05, 3.63) is 35.9 Å². The maximum absolute atomic E-state index is 11.4. The second-order valence-corrected chi connectivity index (χ2v) is 3.93. The molecule has 0 amide bonds. The molecule has 0 heterocycles. The molecule has 1 aromatic carbocycles. The zero-order valence-electron chi connectivity index (χ0n) is 9.35. The Bertz CT molecular complexity index is 357. The predicted octanol–water partition coefficient (Wildman–Crippen LogP) is 2.30. The Hall–Kier alpha value is -1.64. The van der Waals surface area contributed by atoms with Gasteiger partial charge >= 0.3 is 5.97 Å². The van der Waals surface area contributed by atoms with Gasteiger partial charge < -0.3 is 5.11 Å². The van der Waals surface area contributed by atoms with E-state index in [1.54, 1.807) is 0 Å². The molecule has 0 bridgehead atoms. The van der Waals surface area contributed by atoms with Gasteiger partial charge in [0.15, 0.2) is 0 Å². The van der Waals surface area contributed by atoms with E-state index >= 15 is 0 Å². The highest BCUT2D eigenvalue weighted by Gasteiger charge is 2.16. The highest BCUT2D eigenvalue weighted by molar-refractivity contribution is 5.79. The first-order chi connectivity index (χ1) is 7.59. The average Bonchev–Trinajstić information content (AvgIpc) is 2.25. The van der Waals surface area contributed by atoms with E-state index in [1.165, 1.54) is 6.92 Å². The van der Waals surface area contributed by atoms with Crippen LogP contribution in [0.4, 0.5) is 0 Å². The third-order valence-corrected chi connectivity index (χ3v) is 2.61. The van der Waals surface area contributed by atoms with E-state index in [0.29, 0.717) is 12.8 Å². The topological polar surface area (TPSA) is 54.4 Å². The zero-order valence-corrected chi connectivity index (χ0v) is 9.35. The maximum Gasteiger partial charge on any atom is 0.303 e. The third-order valence-electron chi connectivity index (χ3n) is 2.61. The van der Waals surface area contributed by atoms with Crippen molar-refractivity contribution in [2.24, 2.45) is 5.92 Å². The van der Waals surface area contributed by atoms with Gasteiger partial charge in [-0.2, -0.15) is 0 Å². The van der Waals surface area contributed by atoms with Crippen LogP contribution in [0, 0.1) is 5.92 Å². The number of rotatable bonds is 6. The molecule has 0 fully saturated rings. The Balaban J connectivity index is 2.58. The van der Waals surface area contributed by atoms with Gasteiger partial charge in [-0.05, 0) is 25.3 Å². The van der Waals surface area contributed by atoms with Gasteiger partial charge in [0.05, 0.1) is 0 Å². The summed E-state index contributed by atoms with van der Waals surface area (Å²) in [6.07, 6.45) is 1.10. The number of aliphatic carboxylic acids is 1. The molecule has 0 saturated heterocycles. The standard InChI is InChI=1S/C13H16O3/c1-10(14)12(7-8-13(15)16)9-11-5-3-2-4-6-11/h2-6,12H,7-9H2,1H3,(H,15,16). The summed E-state index contributed by atoms with van der Waals surface area (Å²) in [7, 11) is 0. The van der Waals surface area contributed by atoms with Gasteiger partial charge in [0.2, 0.25) is 0 Å². The molecular formula is C13H16O3. The molecule has 0 spiro atoms. The van der Waals surface area contributed by atoms with Crippen LogP contribution < -0.4 is 0 Å². The lowest BCUT2D eigenvalue weighted by Crippen LogP contribution is -2.15. The summed E-state index contributed by atoms with van der Waals surface area (Å²) >= 11 is 0. The van der Waals surface area contributed by atoms with Crippen LogP contribution in [-0.2, 0) is 16.0 Å². The molecule has 0 aliphatic heterocycles. The average molecular weight is 220 g/mol. The Morgan fingerprint density at radius 2 is 1.88 bits per heavy atom. The van der Waals surface area contributed by atoms with E-state index in [2.05, 4.69) is 0 Å². The number of carboxylic acid groups (broad SMARTS) is 1. The van der Waals surface area contributed by atoms with Crippen LogP contribution in [0.3, 0.4) is 0 Å². The monoisotopic (exact) mass is 220 g/mol. The normalized spacial score (nSPS) is 12.1. The third kappa shape index (κ3) is 4.26. The molecule has 86 valence electrons. The van der Waals surface area contributed by atoms with Crippen molar-refractivity contribution >= 4 is 11.8 Å². The number of benzene rings is 1. The van der Waals surface area contributed by atoms with Crippen molar-refractivity contribution < 1.29 is 14.7 Å². The predicted molar refractivity (Wildman–Crippen MR) is 61.2 cm³/mol. The van der Waals surface area contributed by atoms with Gasteiger partial charge in [-0.25, -0.2) is 0 Å². The van der Waals surface area contributed by atoms with Crippen LogP contribution in [0.25, 0.3) is 0 Å². The van der Waals surface area contributed by atoms with Crippen molar-refractivity contribution in [2.75, 3.05) is 0 Å². The van der Waals surface area contributed by atoms with Gasteiger partial charge in [0, 0.05) is 12.3 Å². The number of ketones is 1. The van der Waals surface area contributed by atoms with E-state index in [4.69, 9.17) is 5.11 Å². The first-order valence-electron chi connectivity index (χ1n) is 5.35. The number of hydrogen-bond donors (Lipinski definition) is 1. The summed E-state index contributed by atoms with van der Waals surface area (Å²) in [6, 6.07) is 9.67. The molecule has 1 aromatic rings. The molecule has 3 nitrogen and oxygen atoms in total. The van der Waals surface area contributed by atoms with Crippen LogP contribution in [0.15, 0.2) is 30.3 Å². The smallest absolute Gasteiger partial charge is 0.303 e. The SMILES string of the molecule is CC(=O)C(CCC(=O)O)Cc1ccccc1. The molecule has 0 aliphatic carbocycles. The summed E-state index contributed by atoms with van der Waals surface area (Å²) in [5.74, 6) is -0.970. The zero-order chi connectivity index (χ0) is 12.0. The van der Waals surface area contributed by atoms with Gasteiger partial charge in [-0.15, -0.1) is 0 Å². The highest BCUT2D eigenvalue weighted by atomic mass is 16.4. The fourth-order valence-electron chi connectivity index (χ4n) is 1.65. The summed E-state index contributed by atoms with van der Waals surface area (Å²) in [5.41, 5.74) is 1.08. The van der Waals surface area contributed by atoms with Crippen molar-refractivity contribution in [1.29, 1.82) is 0 Å². The number of carbonyl (C=O) groups is 2. The lowest BCUT2D eigenvalue weighted by Gasteiger charge is -2.12. The summed E-state index contributed by atoms with van der Waals surface area (Å²) in [5, 5.41) is 8.60. The summed E-state index contributed by atoms with van der Waals surface area (Å²) in [6.45, 7) is 1.52. The molecule has 0 radical (unpaired) electrons. The first kappa shape index (κ1) is 12.4. The van der Waals surface area contributed by atoms with E-state index < -0.39 is 5.97 Å². The van der Waals surface area contributed by atoms with E-state index in [-0.39, 0.29) is 18.1 Å². The Morgan fingerprint density at radius 3 is 2.38 bits per heavy atom. The fraction of sp³-hybridized carbons (Fsp3) is 0.385. The van der Waals surface area contributed by atoms with Crippen LogP contribution in [0.2, 0.25) is 0 Å². The summed E-state index contributed by atoms with van der Waals surface area (Å²) < 4.78 is 0. The van der Waals surface area contributed by atoms with E-state index in [1.807, 2.05) is 30.3 Å². The first-order valence-corrected chi connectivity index (χ1v) is 5.35. The number of carbonyl (C=O) groups excluding carboxylic acids is 1. The Labute approximate surface area is 95.1 Å². The van der Waals surface area contributed by atoms with Gasteiger partial charge in [0.1, 0.15) is 5.78 Å². The number of Topliss-reactive ketones (excluding diaryl/α,β-unsaturated/α-hetero) is 1. The fourth-order valence-corrected chi connectivity index (χ4v) is 1.65. The van der Waals surface area contributed by atoms with Crippen molar-refractivity contribution in [3.8, 4) is 0 Å². The van der Waals surface area contributed by atoms with Crippen LogP contribution >= 0.6 is 0 Å². The van der Waals surface area contributed by atoms with Crippen LogP contribution in [0.5, 0.6) is 0 Å². The van der Waals surface area contributed by atoms with Crippen molar-refractivity contribution in [3.63, 3.8) is 0 Å². The molecule has 1 unspecified atom stereocenters. The molecule has 0 saturated carbocycles. The molecule has 3 heteroatoms. The molecule has 0 aliphatic rings. The lowest BCUT2D eigenvalue weighted by molar-refractivity contribution is -0.137. The maximum atomic E-state index is 11.4. The minimum Gasteiger partial charge on any atom is -0.481 e. The largest absolute Gasteiger partial charge is 0.481 e. The second-order valence-electron chi connectivity index (χ2n) is 3.93. The van der Waals surface area contributed by atoms with Gasteiger partial charge in [-0.3, -0.25) is 9.59 Å². The minimum absolute atomic E-state index is 0.0527. The molecule has 1 N–H and O–H groups in total. The molecule has 1 atom stereocenters. The second kappa shape index (κ2) is 6.05. The summed E-state index contributed by atoms with van der Waals surface area (Å²) in [4.78, 5) is 21.8. The van der Waals surface area contributed by atoms with Crippen LogP contribution in [-0.4, -0.2) is 16.9 Å². The van der Waals surface area contributed by atoms with Gasteiger partial charge in [0.25, 0.3) is 0 Å². The molecular weight excluding hydrogens is 204 g/mol. The van der Waals surface area contributed by atoms with Gasteiger partial charge in [-0.1, -0.05) is 30.3 Å².